The van der Waals surface area contributed by atoms with Gasteiger partial charge >= 0.3 is 0 Å². The van der Waals surface area contributed by atoms with Gasteiger partial charge in [-0.1, -0.05) is 47.7 Å². The van der Waals surface area contributed by atoms with Crippen LogP contribution in [0, 0.1) is 0 Å². The Kier molecular flexibility index (Phi) is 4.63. The first-order valence-corrected chi connectivity index (χ1v) is 11.0. The topological polar surface area (TPSA) is 63.2 Å². The van der Waals surface area contributed by atoms with Crippen LogP contribution in [0.4, 0.5) is 10.8 Å². The molecule has 4 aromatic rings. The van der Waals surface area contributed by atoms with E-state index in [-0.39, 0.29) is 0 Å². The van der Waals surface area contributed by atoms with Gasteiger partial charge in [-0.15, -0.1) is 0 Å². The van der Waals surface area contributed by atoms with Crippen LogP contribution >= 0.6 is 11.3 Å². The van der Waals surface area contributed by atoms with E-state index in [1.807, 2.05) is 53.4 Å². The van der Waals surface area contributed by atoms with Gasteiger partial charge in [0.2, 0.25) is 0 Å². The molecule has 0 amide bonds. The number of benzene rings is 2. The standard InChI is InChI=1S/C20H17N3O2S2/c1-27(24,25)19-10-6-5-7-15(19)14-23(16-8-3-2-4-9-16)20-22-17-13-21-12-11-18(17)26-20/h2-13H,14H2,1H3. The van der Waals surface area contributed by atoms with Gasteiger partial charge in [0, 0.05) is 18.1 Å². The number of pyridine rings is 1. The largest absolute Gasteiger partial charge is 0.313 e. The average molecular weight is 396 g/mol. The van der Waals surface area contributed by atoms with Crippen LogP contribution in [0.2, 0.25) is 0 Å². The summed E-state index contributed by atoms with van der Waals surface area (Å²) in [6, 6.07) is 18.9. The van der Waals surface area contributed by atoms with E-state index in [9.17, 15) is 8.42 Å². The maximum absolute atomic E-state index is 12.2. The fraction of sp³-hybridized carbons (Fsp3) is 0.100. The van der Waals surface area contributed by atoms with Crippen molar-refractivity contribution in [1.82, 2.24) is 9.97 Å². The number of para-hydroxylation sites is 1. The molecular weight excluding hydrogens is 378 g/mol. The zero-order valence-electron chi connectivity index (χ0n) is 14.6. The van der Waals surface area contributed by atoms with E-state index < -0.39 is 9.84 Å². The Balaban J connectivity index is 1.83. The summed E-state index contributed by atoms with van der Waals surface area (Å²) in [6.45, 7) is 0.403. The Labute approximate surface area is 161 Å². The molecule has 0 radical (unpaired) electrons. The number of anilines is 2. The molecule has 0 aliphatic heterocycles. The minimum absolute atomic E-state index is 0.341. The second-order valence-electron chi connectivity index (χ2n) is 6.14. The third-order valence-electron chi connectivity index (χ3n) is 4.18. The number of hydrogen-bond acceptors (Lipinski definition) is 6. The Morgan fingerprint density at radius 3 is 2.48 bits per heavy atom. The van der Waals surface area contributed by atoms with E-state index >= 15 is 0 Å². The number of sulfone groups is 1. The van der Waals surface area contributed by atoms with Crippen molar-refractivity contribution in [1.29, 1.82) is 0 Å². The van der Waals surface area contributed by atoms with Gasteiger partial charge in [-0.3, -0.25) is 4.98 Å². The molecule has 2 aromatic heterocycles. The van der Waals surface area contributed by atoms with Crippen molar-refractivity contribution in [3.05, 3.63) is 78.6 Å². The number of nitrogens with zero attached hydrogens (tertiary/aromatic N) is 3. The fourth-order valence-corrected chi connectivity index (χ4v) is 4.81. The maximum atomic E-state index is 12.2. The van der Waals surface area contributed by atoms with Crippen molar-refractivity contribution in [2.24, 2.45) is 0 Å². The molecule has 0 bridgehead atoms. The fourth-order valence-electron chi connectivity index (χ4n) is 2.93. The molecule has 0 spiro atoms. The van der Waals surface area contributed by atoms with Crippen LogP contribution in [0.25, 0.3) is 10.2 Å². The van der Waals surface area contributed by atoms with E-state index in [1.165, 1.54) is 6.26 Å². The molecule has 0 N–H and O–H groups in total. The van der Waals surface area contributed by atoms with E-state index in [4.69, 9.17) is 4.98 Å². The van der Waals surface area contributed by atoms with Gasteiger partial charge in [-0.05, 0) is 29.8 Å². The lowest BCUT2D eigenvalue weighted by atomic mass is 10.2. The minimum atomic E-state index is -3.32. The highest BCUT2D eigenvalue weighted by atomic mass is 32.2. The van der Waals surface area contributed by atoms with Gasteiger partial charge in [0.25, 0.3) is 0 Å². The molecule has 0 unspecified atom stereocenters. The highest BCUT2D eigenvalue weighted by Crippen LogP contribution is 2.35. The Bertz CT molecular complexity index is 1160. The van der Waals surface area contributed by atoms with Gasteiger partial charge in [0.15, 0.2) is 15.0 Å². The predicted molar refractivity (Wildman–Crippen MR) is 109 cm³/mol. The van der Waals surface area contributed by atoms with Crippen molar-refractivity contribution in [2.75, 3.05) is 11.2 Å². The van der Waals surface area contributed by atoms with Crippen molar-refractivity contribution in [3.63, 3.8) is 0 Å². The number of rotatable bonds is 5. The van der Waals surface area contributed by atoms with Crippen LogP contribution in [0.15, 0.2) is 78.0 Å². The smallest absolute Gasteiger partial charge is 0.191 e. The van der Waals surface area contributed by atoms with Crippen molar-refractivity contribution in [2.45, 2.75) is 11.4 Å². The molecule has 2 heterocycles. The Hall–Kier alpha value is -2.77. The Morgan fingerprint density at radius 1 is 1.00 bits per heavy atom. The predicted octanol–water partition coefficient (Wildman–Crippen LogP) is 4.43. The zero-order chi connectivity index (χ0) is 18.9. The summed E-state index contributed by atoms with van der Waals surface area (Å²) in [5.41, 5.74) is 2.52. The van der Waals surface area contributed by atoms with Gasteiger partial charge < -0.3 is 4.90 Å². The maximum Gasteiger partial charge on any atom is 0.191 e. The molecule has 0 atom stereocenters. The number of fused-ring (bicyclic) bond motifs is 1. The minimum Gasteiger partial charge on any atom is -0.313 e. The SMILES string of the molecule is CS(=O)(=O)c1ccccc1CN(c1ccccc1)c1nc2cnccc2s1. The van der Waals surface area contributed by atoms with E-state index in [0.29, 0.717) is 11.4 Å². The molecule has 2 aromatic carbocycles. The average Bonchev–Trinajstić information content (AvgIpc) is 3.10. The molecule has 0 aliphatic rings. The molecule has 0 aliphatic carbocycles. The first-order chi connectivity index (χ1) is 13.0. The lowest BCUT2D eigenvalue weighted by molar-refractivity contribution is 0.600. The normalized spacial score (nSPS) is 11.6. The molecule has 7 heteroatoms. The van der Waals surface area contributed by atoms with Gasteiger partial charge in [-0.25, -0.2) is 13.4 Å². The lowest BCUT2D eigenvalue weighted by Crippen LogP contribution is -2.18. The zero-order valence-corrected chi connectivity index (χ0v) is 16.2. The lowest BCUT2D eigenvalue weighted by Gasteiger charge is -2.23. The van der Waals surface area contributed by atoms with Gasteiger partial charge in [0.1, 0.15) is 5.52 Å². The van der Waals surface area contributed by atoms with Crippen LogP contribution in [0.1, 0.15) is 5.56 Å². The number of hydrogen-bond donors (Lipinski definition) is 0. The summed E-state index contributed by atoms with van der Waals surface area (Å²) < 4.78 is 25.5. The van der Waals surface area contributed by atoms with Crippen molar-refractivity contribution >= 4 is 42.2 Å². The van der Waals surface area contributed by atoms with Crippen molar-refractivity contribution in [3.8, 4) is 0 Å². The monoisotopic (exact) mass is 395 g/mol. The first-order valence-electron chi connectivity index (χ1n) is 8.33. The van der Waals surface area contributed by atoms with Crippen LogP contribution in [-0.4, -0.2) is 24.6 Å². The van der Waals surface area contributed by atoms with Crippen LogP contribution in [0.3, 0.4) is 0 Å². The molecule has 4 rings (SSSR count). The quantitative estimate of drug-likeness (QED) is 0.500. The summed E-state index contributed by atoms with van der Waals surface area (Å²) in [5, 5.41) is 0.799. The van der Waals surface area contributed by atoms with Crippen LogP contribution < -0.4 is 4.90 Å². The summed E-state index contributed by atoms with van der Waals surface area (Å²) >= 11 is 1.56. The second-order valence-corrected chi connectivity index (χ2v) is 9.13. The molecular formula is C20H17N3O2S2. The molecule has 5 nitrogen and oxygen atoms in total. The highest BCUT2D eigenvalue weighted by molar-refractivity contribution is 7.90. The molecule has 27 heavy (non-hydrogen) atoms. The number of aromatic nitrogens is 2. The molecule has 136 valence electrons. The first kappa shape index (κ1) is 17.6. The molecule has 0 saturated heterocycles. The van der Waals surface area contributed by atoms with Crippen LogP contribution in [0.5, 0.6) is 0 Å². The van der Waals surface area contributed by atoms with Crippen LogP contribution in [-0.2, 0) is 16.4 Å². The summed E-state index contributed by atoms with van der Waals surface area (Å²) in [7, 11) is -3.32. The summed E-state index contributed by atoms with van der Waals surface area (Å²) in [4.78, 5) is 11.2. The highest BCUT2D eigenvalue weighted by Gasteiger charge is 2.19. The van der Waals surface area contributed by atoms with Gasteiger partial charge in [0.05, 0.1) is 22.3 Å². The summed E-state index contributed by atoms with van der Waals surface area (Å²) in [6.07, 6.45) is 4.72. The van der Waals surface area contributed by atoms with E-state index in [1.54, 1.807) is 35.9 Å². The van der Waals surface area contributed by atoms with Gasteiger partial charge in [-0.2, -0.15) is 0 Å². The van der Waals surface area contributed by atoms with E-state index in [0.717, 1.165) is 26.6 Å². The third kappa shape index (κ3) is 3.70. The van der Waals surface area contributed by atoms with Crippen molar-refractivity contribution < 1.29 is 8.42 Å². The molecule has 0 saturated carbocycles. The Morgan fingerprint density at radius 2 is 1.74 bits per heavy atom. The number of thiazole rings is 1. The third-order valence-corrected chi connectivity index (χ3v) is 6.43. The second kappa shape index (κ2) is 7.09. The summed E-state index contributed by atoms with van der Waals surface area (Å²) in [5.74, 6) is 0. The van der Waals surface area contributed by atoms with E-state index in [2.05, 4.69) is 4.98 Å². The molecule has 0 fully saturated rings.